The van der Waals surface area contributed by atoms with Crippen molar-refractivity contribution in [3.63, 3.8) is 0 Å². The first-order chi connectivity index (χ1) is 14.5. The van der Waals surface area contributed by atoms with Gasteiger partial charge >= 0.3 is 0 Å². The number of anilines is 2. The fourth-order valence-corrected chi connectivity index (χ4v) is 4.03. The quantitative estimate of drug-likeness (QED) is 0.641. The number of hydrogen-bond acceptors (Lipinski definition) is 4. The highest BCUT2D eigenvalue weighted by molar-refractivity contribution is 7.92. The normalized spacial score (nSPS) is 13.2. The van der Waals surface area contributed by atoms with Crippen molar-refractivity contribution in [1.29, 1.82) is 0 Å². The van der Waals surface area contributed by atoms with E-state index >= 15 is 0 Å². The van der Waals surface area contributed by atoms with Gasteiger partial charge in [-0.05, 0) is 44.5 Å². The Bertz CT molecular complexity index is 1080. The smallest absolute Gasteiger partial charge is 0.253 e. The molecule has 0 unspecified atom stereocenters. The second-order valence-electron chi connectivity index (χ2n) is 7.15. The van der Waals surface area contributed by atoms with Crippen LogP contribution >= 0.6 is 0 Å². The predicted molar refractivity (Wildman–Crippen MR) is 115 cm³/mol. The summed E-state index contributed by atoms with van der Waals surface area (Å²) in [4.78, 5) is 25.4. The second kappa shape index (κ2) is 9.86. The van der Waals surface area contributed by atoms with Crippen molar-refractivity contribution in [2.45, 2.75) is 39.3 Å². The molecule has 0 aromatic heterocycles. The van der Waals surface area contributed by atoms with E-state index in [0.29, 0.717) is 10.4 Å². The minimum absolute atomic E-state index is 0.0794. The van der Waals surface area contributed by atoms with Gasteiger partial charge in [0.25, 0.3) is 5.91 Å². The van der Waals surface area contributed by atoms with E-state index in [1.807, 2.05) is 13.8 Å². The van der Waals surface area contributed by atoms with Crippen LogP contribution in [0.15, 0.2) is 42.5 Å². The van der Waals surface area contributed by atoms with Gasteiger partial charge < -0.3 is 10.6 Å². The first-order valence-corrected chi connectivity index (χ1v) is 11.5. The molecule has 2 N–H and O–H groups in total. The number of carbonyl (C=O) groups excluding carboxylic acids is 2. The minimum atomic E-state index is -4.03. The number of sulfonamides is 1. The van der Waals surface area contributed by atoms with Crippen LogP contribution in [0.4, 0.5) is 20.2 Å². The number of benzene rings is 2. The molecule has 0 aliphatic rings. The van der Waals surface area contributed by atoms with E-state index < -0.39 is 39.5 Å². The summed E-state index contributed by atoms with van der Waals surface area (Å²) in [5, 5.41) is 5.36. The Hall–Kier alpha value is -3.01. The molecule has 2 amide bonds. The molecular weight excluding hydrogens is 428 g/mol. The third kappa shape index (κ3) is 6.00. The first-order valence-electron chi connectivity index (χ1n) is 9.60. The molecule has 0 fully saturated rings. The molecule has 7 nitrogen and oxygen atoms in total. The lowest BCUT2D eigenvalue weighted by atomic mass is 10.1. The van der Waals surface area contributed by atoms with E-state index in [4.69, 9.17) is 0 Å². The number of hydrogen-bond donors (Lipinski definition) is 2. The molecule has 2 aromatic rings. The van der Waals surface area contributed by atoms with Gasteiger partial charge in [-0.15, -0.1) is 0 Å². The van der Waals surface area contributed by atoms with Gasteiger partial charge in [-0.3, -0.25) is 13.9 Å². The third-order valence-electron chi connectivity index (χ3n) is 4.67. The van der Waals surface area contributed by atoms with Crippen LogP contribution in [-0.2, 0) is 14.8 Å². The van der Waals surface area contributed by atoms with Crippen LogP contribution in [0.3, 0.4) is 0 Å². The van der Waals surface area contributed by atoms with Crippen molar-refractivity contribution in [3.05, 3.63) is 59.7 Å². The van der Waals surface area contributed by atoms with E-state index in [1.54, 1.807) is 12.1 Å². The number of rotatable bonds is 8. The highest BCUT2D eigenvalue weighted by Gasteiger charge is 2.30. The van der Waals surface area contributed by atoms with Gasteiger partial charge in [0.2, 0.25) is 15.9 Å². The Kier molecular flexibility index (Phi) is 7.72. The summed E-state index contributed by atoms with van der Waals surface area (Å²) < 4.78 is 52.3. The van der Waals surface area contributed by atoms with Gasteiger partial charge in [0.1, 0.15) is 6.04 Å². The number of nitrogens with zero attached hydrogens (tertiary/aromatic N) is 1. The van der Waals surface area contributed by atoms with E-state index in [1.165, 1.54) is 19.1 Å². The van der Waals surface area contributed by atoms with Crippen LogP contribution in [0.25, 0.3) is 0 Å². The topological polar surface area (TPSA) is 95.6 Å². The lowest BCUT2D eigenvalue weighted by Crippen LogP contribution is -2.45. The molecule has 168 valence electrons. The minimum Gasteiger partial charge on any atom is -0.350 e. The molecule has 0 bridgehead atoms. The van der Waals surface area contributed by atoms with E-state index in [0.717, 1.165) is 24.8 Å². The summed E-state index contributed by atoms with van der Waals surface area (Å²) in [6.45, 7) is 5.06. The van der Waals surface area contributed by atoms with Crippen LogP contribution < -0.4 is 14.9 Å². The zero-order valence-electron chi connectivity index (χ0n) is 17.6. The van der Waals surface area contributed by atoms with E-state index in [-0.39, 0.29) is 23.0 Å². The van der Waals surface area contributed by atoms with Gasteiger partial charge in [0, 0.05) is 12.1 Å². The van der Waals surface area contributed by atoms with Crippen LogP contribution in [0.1, 0.15) is 37.6 Å². The van der Waals surface area contributed by atoms with Crippen molar-refractivity contribution < 1.29 is 26.8 Å². The van der Waals surface area contributed by atoms with E-state index in [2.05, 4.69) is 10.6 Å². The summed E-state index contributed by atoms with van der Waals surface area (Å²) in [6, 6.07) is 7.44. The summed E-state index contributed by atoms with van der Waals surface area (Å²) in [7, 11) is -4.03. The highest BCUT2D eigenvalue weighted by Crippen LogP contribution is 2.24. The SMILES string of the molecule is CC[C@H](C)NC(=O)c1ccccc1NC(=O)[C@@H](C)N(c1ccc(F)c(F)c1)S(C)(=O)=O. The summed E-state index contributed by atoms with van der Waals surface area (Å²) in [5.74, 6) is -3.53. The van der Waals surface area contributed by atoms with Crippen molar-refractivity contribution in [3.8, 4) is 0 Å². The van der Waals surface area contributed by atoms with Crippen LogP contribution in [0, 0.1) is 11.6 Å². The monoisotopic (exact) mass is 453 g/mol. The largest absolute Gasteiger partial charge is 0.350 e. The van der Waals surface area contributed by atoms with Crippen LogP contribution in [0.5, 0.6) is 0 Å². The zero-order chi connectivity index (χ0) is 23.3. The fraction of sp³-hybridized carbons (Fsp3) is 0.333. The number of carbonyl (C=O) groups is 2. The molecule has 0 heterocycles. The molecule has 0 radical (unpaired) electrons. The zero-order valence-corrected chi connectivity index (χ0v) is 18.5. The van der Waals surface area contributed by atoms with Crippen molar-refractivity contribution in [2.75, 3.05) is 15.9 Å². The summed E-state index contributed by atoms with van der Waals surface area (Å²) in [5.41, 5.74) is 0.202. The second-order valence-corrected chi connectivity index (χ2v) is 9.01. The van der Waals surface area contributed by atoms with E-state index in [9.17, 15) is 26.8 Å². The number of halogens is 2. The summed E-state index contributed by atoms with van der Waals surface area (Å²) >= 11 is 0. The van der Waals surface area contributed by atoms with Crippen LogP contribution in [-0.4, -0.2) is 38.6 Å². The Labute approximate surface area is 180 Å². The maximum absolute atomic E-state index is 13.7. The molecule has 0 aliphatic heterocycles. The Morgan fingerprint density at radius 2 is 1.71 bits per heavy atom. The standard InChI is InChI=1S/C21H25F2N3O4S/c1-5-13(2)24-21(28)16-8-6-7-9-19(16)25-20(27)14(3)26(31(4,29)30)15-10-11-17(22)18(23)12-15/h6-14H,5H2,1-4H3,(H,24,28)(H,25,27)/t13-,14+/m0/s1. The molecule has 0 spiro atoms. The Balaban J connectivity index is 2.33. The van der Waals surface area contributed by atoms with Gasteiger partial charge in [0.05, 0.1) is 23.2 Å². The first kappa shape index (κ1) is 24.3. The average Bonchev–Trinajstić information content (AvgIpc) is 2.69. The lowest BCUT2D eigenvalue weighted by molar-refractivity contribution is -0.116. The lowest BCUT2D eigenvalue weighted by Gasteiger charge is -2.28. The molecule has 10 heteroatoms. The molecule has 0 saturated carbocycles. The average molecular weight is 454 g/mol. The highest BCUT2D eigenvalue weighted by atomic mass is 32.2. The fourth-order valence-electron chi connectivity index (χ4n) is 2.86. The third-order valence-corrected chi connectivity index (χ3v) is 5.91. The molecule has 0 aliphatic carbocycles. The van der Waals surface area contributed by atoms with Gasteiger partial charge in [-0.25, -0.2) is 17.2 Å². The molecule has 2 atom stereocenters. The Morgan fingerprint density at radius 1 is 1.06 bits per heavy atom. The van der Waals surface area contributed by atoms with Gasteiger partial charge in [0.15, 0.2) is 11.6 Å². The molecule has 2 aromatic carbocycles. The molecule has 31 heavy (non-hydrogen) atoms. The maximum Gasteiger partial charge on any atom is 0.253 e. The van der Waals surface area contributed by atoms with Crippen molar-refractivity contribution in [2.24, 2.45) is 0 Å². The summed E-state index contributed by atoms with van der Waals surface area (Å²) in [6.07, 6.45) is 1.57. The Morgan fingerprint density at radius 3 is 2.29 bits per heavy atom. The maximum atomic E-state index is 13.7. The number of nitrogens with one attached hydrogen (secondary N) is 2. The number of para-hydroxylation sites is 1. The predicted octanol–water partition coefficient (Wildman–Crippen LogP) is 3.29. The van der Waals surface area contributed by atoms with Crippen molar-refractivity contribution in [1.82, 2.24) is 5.32 Å². The molecular formula is C21H25F2N3O4S. The van der Waals surface area contributed by atoms with Crippen LogP contribution in [0.2, 0.25) is 0 Å². The van der Waals surface area contributed by atoms with Crippen molar-refractivity contribution >= 4 is 33.2 Å². The molecule has 0 saturated heterocycles. The van der Waals surface area contributed by atoms with Gasteiger partial charge in [-0.2, -0.15) is 0 Å². The van der Waals surface area contributed by atoms with Gasteiger partial charge in [-0.1, -0.05) is 19.1 Å². The molecule has 2 rings (SSSR count). The number of amides is 2.